The molecule has 3 rings (SSSR count). The molecule has 1 atom stereocenters. The fourth-order valence-electron chi connectivity index (χ4n) is 3.01. The first-order valence-electron chi connectivity index (χ1n) is 8.56. The number of methoxy groups -OCH3 is 1. The Labute approximate surface area is 156 Å². The van der Waals surface area contributed by atoms with Crippen molar-refractivity contribution >= 4 is 28.2 Å². The smallest absolute Gasteiger partial charge is 0.341 e. The summed E-state index contributed by atoms with van der Waals surface area (Å²) in [5.74, 6) is 0.379. The van der Waals surface area contributed by atoms with Gasteiger partial charge in [0.2, 0.25) is 0 Å². The van der Waals surface area contributed by atoms with Crippen LogP contribution in [0.2, 0.25) is 0 Å². The van der Waals surface area contributed by atoms with Gasteiger partial charge < -0.3 is 14.8 Å². The average molecular weight is 374 g/mol. The standard InChI is InChI=1S/C19H22N2O4S/c1-11-4-7-14-15(8-11)26-18(17(14)19(23)24-3)21-16(22)10-25-13-6-5-12(2)20-9-13/h5-6,9,11H,4,7-8,10H2,1-3H3,(H,21,22). The number of hydrogen-bond acceptors (Lipinski definition) is 6. The number of esters is 1. The summed E-state index contributed by atoms with van der Waals surface area (Å²) in [6.45, 7) is 3.93. The highest BCUT2D eigenvalue weighted by atomic mass is 32.1. The van der Waals surface area contributed by atoms with E-state index in [1.807, 2.05) is 13.0 Å². The van der Waals surface area contributed by atoms with E-state index in [1.54, 1.807) is 12.3 Å². The highest BCUT2D eigenvalue weighted by Gasteiger charge is 2.28. The van der Waals surface area contributed by atoms with Crippen molar-refractivity contribution in [2.24, 2.45) is 5.92 Å². The largest absolute Gasteiger partial charge is 0.482 e. The van der Waals surface area contributed by atoms with E-state index in [2.05, 4.69) is 17.2 Å². The van der Waals surface area contributed by atoms with Gasteiger partial charge in [-0.2, -0.15) is 0 Å². The number of amides is 1. The van der Waals surface area contributed by atoms with Gasteiger partial charge in [-0.05, 0) is 49.8 Å². The van der Waals surface area contributed by atoms with E-state index < -0.39 is 5.97 Å². The first kappa shape index (κ1) is 18.4. The zero-order valence-corrected chi connectivity index (χ0v) is 15.9. The number of nitrogens with one attached hydrogen (secondary N) is 1. The van der Waals surface area contributed by atoms with E-state index >= 15 is 0 Å². The first-order chi connectivity index (χ1) is 12.5. The third-order valence-electron chi connectivity index (χ3n) is 4.41. The van der Waals surface area contributed by atoms with Crippen LogP contribution < -0.4 is 10.1 Å². The molecule has 1 amide bonds. The summed E-state index contributed by atoms with van der Waals surface area (Å²) in [5, 5.41) is 3.36. The number of aromatic nitrogens is 1. The van der Waals surface area contributed by atoms with Gasteiger partial charge in [-0.3, -0.25) is 9.78 Å². The second-order valence-electron chi connectivity index (χ2n) is 6.52. The molecule has 2 aromatic rings. The van der Waals surface area contributed by atoms with Crippen LogP contribution in [-0.2, 0) is 22.4 Å². The number of nitrogens with zero attached hydrogens (tertiary/aromatic N) is 1. The lowest BCUT2D eigenvalue weighted by atomic mass is 9.88. The van der Waals surface area contributed by atoms with Crippen LogP contribution in [0.5, 0.6) is 5.75 Å². The fraction of sp³-hybridized carbons (Fsp3) is 0.421. The van der Waals surface area contributed by atoms with Gasteiger partial charge in [-0.15, -0.1) is 11.3 Å². The number of thiophene rings is 1. The first-order valence-corrected chi connectivity index (χ1v) is 9.37. The molecule has 138 valence electrons. The number of ether oxygens (including phenoxy) is 2. The van der Waals surface area contributed by atoms with Crippen LogP contribution in [0.1, 0.15) is 39.8 Å². The Kier molecular flexibility index (Phi) is 5.56. The van der Waals surface area contributed by atoms with Crippen LogP contribution in [0.15, 0.2) is 18.3 Å². The lowest BCUT2D eigenvalue weighted by molar-refractivity contribution is -0.118. The molecule has 2 heterocycles. The number of anilines is 1. The Hall–Kier alpha value is -2.41. The van der Waals surface area contributed by atoms with Crippen molar-refractivity contribution in [3.05, 3.63) is 40.0 Å². The highest BCUT2D eigenvalue weighted by molar-refractivity contribution is 7.17. The maximum Gasteiger partial charge on any atom is 0.341 e. The molecule has 1 aliphatic rings. The predicted octanol–water partition coefficient (Wildman–Crippen LogP) is 3.38. The molecule has 0 saturated heterocycles. The van der Waals surface area contributed by atoms with Crippen LogP contribution in [0.4, 0.5) is 5.00 Å². The number of carbonyl (C=O) groups excluding carboxylic acids is 2. The molecule has 0 fully saturated rings. The Morgan fingerprint density at radius 1 is 1.38 bits per heavy atom. The molecule has 1 aliphatic carbocycles. The summed E-state index contributed by atoms with van der Waals surface area (Å²) < 4.78 is 10.4. The van der Waals surface area contributed by atoms with Gasteiger partial charge in [0.1, 0.15) is 10.8 Å². The van der Waals surface area contributed by atoms with E-state index in [0.29, 0.717) is 22.2 Å². The minimum absolute atomic E-state index is 0.148. The lowest BCUT2D eigenvalue weighted by Gasteiger charge is -2.18. The molecular formula is C19H22N2O4S. The lowest BCUT2D eigenvalue weighted by Crippen LogP contribution is -2.21. The Balaban J connectivity index is 1.73. The number of rotatable bonds is 5. The van der Waals surface area contributed by atoms with Crippen molar-refractivity contribution in [1.29, 1.82) is 0 Å². The minimum Gasteiger partial charge on any atom is -0.482 e. The second kappa shape index (κ2) is 7.86. The Morgan fingerprint density at radius 3 is 2.88 bits per heavy atom. The van der Waals surface area contributed by atoms with Gasteiger partial charge in [-0.1, -0.05) is 6.92 Å². The fourth-order valence-corrected chi connectivity index (χ4v) is 4.42. The van der Waals surface area contributed by atoms with E-state index in [0.717, 1.165) is 35.4 Å². The molecule has 0 saturated carbocycles. The summed E-state index contributed by atoms with van der Waals surface area (Å²) in [5.41, 5.74) is 2.38. The molecule has 0 aliphatic heterocycles. The maximum atomic E-state index is 12.3. The topological polar surface area (TPSA) is 77.5 Å². The van der Waals surface area contributed by atoms with Crippen LogP contribution in [-0.4, -0.2) is 30.6 Å². The molecule has 7 heteroatoms. The molecule has 2 aromatic heterocycles. The molecule has 0 radical (unpaired) electrons. The molecule has 1 N–H and O–H groups in total. The van der Waals surface area contributed by atoms with Crippen LogP contribution >= 0.6 is 11.3 Å². The van der Waals surface area contributed by atoms with Crippen molar-refractivity contribution in [2.45, 2.75) is 33.1 Å². The SMILES string of the molecule is COC(=O)c1c(NC(=O)COc2ccc(C)nc2)sc2c1CCC(C)C2. The van der Waals surface area contributed by atoms with Crippen molar-refractivity contribution in [3.63, 3.8) is 0 Å². The van der Waals surface area contributed by atoms with Gasteiger partial charge in [0.25, 0.3) is 5.91 Å². The number of pyridine rings is 1. The average Bonchev–Trinajstić information content (AvgIpc) is 2.97. The van der Waals surface area contributed by atoms with Crippen molar-refractivity contribution in [1.82, 2.24) is 4.98 Å². The second-order valence-corrected chi connectivity index (χ2v) is 7.62. The third-order valence-corrected chi connectivity index (χ3v) is 5.58. The zero-order valence-electron chi connectivity index (χ0n) is 15.1. The molecule has 0 bridgehead atoms. The van der Waals surface area contributed by atoms with Gasteiger partial charge in [0.15, 0.2) is 6.61 Å². The van der Waals surface area contributed by atoms with Gasteiger partial charge >= 0.3 is 5.97 Å². The summed E-state index contributed by atoms with van der Waals surface area (Å²) in [6.07, 6.45) is 4.36. The normalized spacial score (nSPS) is 15.9. The van der Waals surface area contributed by atoms with Crippen LogP contribution in [0.3, 0.4) is 0 Å². The number of hydrogen-bond donors (Lipinski definition) is 1. The molecule has 6 nitrogen and oxygen atoms in total. The maximum absolute atomic E-state index is 12.3. The number of carbonyl (C=O) groups is 2. The van der Waals surface area contributed by atoms with Crippen LogP contribution in [0, 0.1) is 12.8 Å². The summed E-state index contributed by atoms with van der Waals surface area (Å²) in [4.78, 5) is 29.8. The van der Waals surface area contributed by atoms with Crippen molar-refractivity contribution in [2.75, 3.05) is 19.0 Å². The van der Waals surface area contributed by atoms with E-state index in [4.69, 9.17) is 9.47 Å². The number of aryl methyl sites for hydroxylation is 1. The predicted molar refractivity (Wildman–Crippen MR) is 99.9 cm³/mol. The molecule has 0 aromatic carbocycles. The van der Waals surface area contributed by atoms with E-state index in [9.17, 15) is 9.59 Å². The van der Waals surface area contributed by atoms with E-state index in [-0.39, 0.29) is 12.5 Å². The number of fused-ring (bicyclic) bond motifs is 1. The zero-order chi connectivity index (χ0) is 18.7. The summed E-state index contributed by atoms with van der Waals surface area (Å²) in [6, 6.07) is 3.58. The summed E-state index contributed by atoms with van der Waals surface area (Å²) >= 11 is 1.46. The molecular weight excluding hydrogens is 352 g/mol. The Bertz CT molecular complexity index is 814. The van der Waals surface area contributed by atoms with Crippen molar-refractivity contribution in [3.8, 4) is 5.75 Å². The van der Waals surface area contributed by atoms with Crippen LogP contribution in [0.25, 0.3) is 0 Å². The third kappa shape index (κ3) is 4.04. The monoisotopic (exact) mass is 374 g/mol. The van der Waals surface area contributed by atoms with Gasteiger partial charge in [0.05, 0.1) is 18.9 Å². The molecule has 1 unspecified atom stereocenters. The molecule has 26 heavy (non-hydrogen) atoms. The van der Waals surface area contributed by atoms with Crippen molar-refractivity contribution < 1.29 is 19.1 Å². The highest BCUT2D eigenvalue weighted by Crippen LogP contribution is 2.40. The summed E-state index contributed by atoms with van der Waals surface area (Å²) in [7, 11) is 1.36. The van der Waals surface area contributed by atoms with Gasteiger partial charge in [-0.25, -0.2) is 4.79 Å². The van der Waals surface area contributed by atoms with E-state index in [1.165, 1.54) is 18.4 Å². The molecule has 0 spiro atoms. The minimum atomic E-state index is -0.406. The quantitative estimate of drug-likeness (QED) is 0.812. The van der Waals surface area contributed by atoms with Gasteiger partial charge in [0, 0.05) is 10.6 Å². The Morgan fingerprint density at radius 2 is 2.19 bits per heavy atom.